The minimum absolute atomic E-state index is 0.00392. The summed E-state index contributed by atoms with van der Waals surface area (Å²) in [4.78, 5) is 0. The maximum atomic E-state index is 10.5. The smallest absolute Gasteiger partial charge is 0.0616 e. The lowest BCUT2D eigenvalue weighted by molar-refractivity contribution is -0.0225. The number of hydrogen-bond acceptors (Lipinski definition) is 3. The van der Waals surface area contributed by atoms with Crippen LogP contribution in [0.25, 0.3) is 0 Å². The summed E-state index contributed by atoms with van der Waals surface area (Å²) >= 11 is 1.91. The molecule has 1 rings (SSSR count). The maximum absolute atomic E-state index is 10.5. The number of aliphatic hydroxyl groups is 1. The van der Waals surface area contributed by atoms with E-state index in [9.17, 15) is 5.11 Å². The Morgan fingerprint density at radius 3 is 2.32 bits per heavy atom. The first-order chi connectivity index (χ1) is 8.85. The second-order valence-electron chi connectivity index (χ2n) is 7.21. The highest BCUT2D eigenvalue weighted by atomic mass is 32.2. The molecule has 0 aromatic heterocycles. The molecule has 2 nitrogen and oxygen atoms in total. The number of aliphatic hydroxyl groups excluding tert-OH is 1. The third-order valence-corrected chi connectivity index (χ3v) is 5.99. The van der Waals surface area contributed by atoms with E-state index in [0.717, 1.165) is 36.7 Å². The van der Waals surface area contributed by atoms with Gasteiger partial charge in [0.15, 0.2) is 0 Å². The summed E-state index contributed by atoms with van der Waals surface area (Å²) in [5, 5.41) is 10.5. The van der Waals surface area contributed by atoms with Crippen molar-refractivity contribution in [1.29, 1.82) is 0 Å². The molecule has 0 spiro atoms. The van der Waals surface area contributed by atoms with E-state index in [1.54, 1.807) is 0 Å². The molecule has 19 heavy (non-hydrogen) atoms. The molecule has 1 unspecified atom stereocenters. The van der Waals surface area contributed by atoms with Crippen LogP contribution in [0, 0.1) is 16.7 Å². The molecule has 0 aliphatic heterocycles. The summed E-state index contributed by atoms with van der Waals surface area (Å²) in [5.74, 6) is 2.97. The molecule has 0 bridgehead atoms. The summed E-state index contributed by atoms with van der Waals surface area (Å²) in [6.45, 7) is 9.82. The van der Waals surface area contributed by atoms with Crippen molar-refractivity contribution in [3.05, 3.63) is 0 Å². The zero-order valence-electron chi connectivity index (χ0n) is 13.2. The maximum Gasteiger partial charge on any atom is 0.0616 e. The molecule has 0 aromatic rings. The zero-order chi connectivity index (χ0) is 14.5. The van der Waals surface area contributed by atoms with Crippen molar-refractivity contribution in [1.82, 2.24) is 0 Å². The van der Waals surface area contributed by atoms with Gasteiger partial charge in [-0.2, -0.15) is 11.8 Å². The van der Waals surface area contributed by atoms with Gasteiger partial charge in [-0.15, -0.1) is 0 Å². The van der Waals surface area contributed by atoms with Gasteiger partial charge in [0.1, 0.15) is 0 Å². The molecule has 1 fully saturated rings. The molecule has 0 aromatic carbocycles. The Morgan fingerprint density at radius 2 is 1.89 bits per heavy atom. The van der Waals surface area contributed by atoms with Crippen LogP contribution in [-0.4, -0.2) is 29.3 Å². The molecule has 1 atom stereocenters. The number of rotatable bonds is 6. The lowest BCUT2D eigenvalue weighted by Gasteiger charge is -2.46. The fraction of sp³-hybridized carbons (Fsp3) is 1.00. The highest BCUT2D eigenvalue weighted by Crippen LogP contribution is 2.47. The van der Waals surface area contributed by atoms with Gasteiger partial charge in [-0.3, -0.25) is 0 Å². The highest BCUT2D eigenvalue weighted by molar-refractivity contribution is 7.99. The van der Waals surface area contributed by atoms with Gasteiger partial charge in [0.2, 0.25) is 0 Å². The van der Waals surface area contributed by atoms with Crippen LogP contribution in [0.5, 0.6) is 0 Å². The van der Waals surface area contributed by atoms with E-state index in [1.165, 1.54) is 12.8 Å². The minimum atomic E-state index is -0.211. The predicted molar refractivity (Wildman–Crippen MR) is 86.5 cm³/mol. The van der Waals surface area contributed by atoms with Crippen LogP contribution in [-0.2, 0) is 0 Å². The monoisotopic (exact) mass is 287 g/mol. The van der Waals surface area contributed by atoms with Crippen LogP contribution in [0.3, 0.4) is 0 Å². The summed E-state index contributed by atoms with van der Waals surface area (Å²) < 4.78 is 0. The van der Waals surface area contributed by atoms with Crippen LogP contribution in [0.2, 0.25) is 0 Å². The van der Waals surface area contributed by atoms with E-state index in [0.29, 0.717) is 12.0 Å². The summed E-state index contributed by atoms with van der Waals surface area (Å²) in [5.41, 5.74) is 6.42. The van der Waals surface area contributed by atoms with Crippen LogP contribution in [0.15, 0.2) is 0 Å². The highest BCUT2D eigenvalue weighted by Gasteiger charge is 2.42. The molecule has 0 amide bonds. The van der Waals surface area contributed by atoms with Crippen molar-refractivity contribution >= 4 is 11.8 Å². The van der Waals surface area contributed by atoms with Gasteiger partial charge in [-0.1, -0.05) is 27.7 Å². The van der Waals surface area contributed by atoms with Crippen molar-refractivity contribution in [2.24, 2.45) is 22.5 Å². The fourth-order valence-corrected chi connectivity index (χ4v) is 4.06. The van der Waals surface area contributed by atoms with Gasteiger partial charge < -0.3 is 10.8 Å². The summed E-state index contributed by atoms with van der Waals surface area (Å²) in [6.07, 6.45) is 5.33. The predicted octanol–water partition coefficient (Wildman–Crippen LogP) is 3.67. The van der Waals surface area contributed by atoms with Crippen molar-refractivity contribution in [3.63, 3.8) is 0 Å². The molecule has 114 valence electrons. The average Bonchev–Trinajstić information content (AvgIpc) is 2.38. The first kappa shape index (κ1) is 17.3. The third-order valence-electron chi connectivity index (χ3n) is 5.06. The van der Waals surface area contributed by atoms with Gasteiger partial charge in [0.25, 0.3) is 0 Å². The second-order valence-corrected chi connectivity index (χ2v) is 8.60. The largest absolute Gasteiger partial charge is 0.392 e. The van der Waals surface area contributed by atoms with Crippen LogP contribution in [0.1, 0.15) is 59.8 Å². The van der Waals surface area contributed by atoms with Gasteiger partial charge in [0, 0.05) is 12.0 Å². The Balaban J connectivity index is 2.54. The molecule has 3 N–H and O–H groups in total. The van der Waals surface area contributed by atoms with E-state index in [-0.39, 0.29) is 11.5 Å². The van der Waals surface area contributed by atoms with E-state index in [1.807, 2.05) is 11.8 Å². The molecule has 0 radical (unpaired) electrons. The van der Waals surface area contributed by atoms with E-state index >= 15 is 0 Å². The Labute approximate surface area is 123 Å². The van der Waals surface area contributed by atoms with E-state index < -0.39 is 0 Å². The Hall–Kier alpha value is 0.270. The van der Waals surface area contributed by atoms with Crippen molar-refractivity contribution in [2.75, 3.05) is 18.1 Å². The van der Waals surface area contributed by atoms with Crippen molar-refractivity contribution < 1.29 is 5.11 Å². The molecular weight excluding hydrogens is 254 g/mol. The molecule has 0 heterocycles. The third kappa shape index (κ3) is 4.64. The van der Waals surface area contributed by atoms with Gasteiger partial charge in [-0.05, 0) is 54.9 Å². The lowest BCUT2D eigenvalue weighted by Crippen LogP contribution is -2.46. The number of hydrogen-bond donors (Lipinski definition) is 2. The van der Waals surface area contributed by atoms with Gasteiger partial charge in [0.05, 0.1) is 6.10 Å². The first-order valence-corrected chi connectivity index (χ1v) is 8.97. The zero-order valence-corrected chi connectivity index (χ0v) is 14.1. The molecular formula is C16H33NOS. The molecule has 1 aliphatic carbocycles. The standard InChI is InChI=1S/C16H33NOS/c1-5-19-11-8-14(18)16(12-17)9-6-13(7-10-16)15(2,3)4/h13-14,18H,5-12,17H2,1-4H3. The Morgan fingerprint density at radius 1 is 1.32 bits per heavy atom. The first-order valence-electron chi connectivity index (χ1n) is 7.81. The average molecular weight is 288 g/mol. The Bertz CT molecular complexity index is 254. The van der Waals surface area contributed by atoms with Crippen LogP contribution >= 0.6 is 11.8 Å². The molecule has 1 aliphatic rings. The molecule has 0 saturated heterocycles. The van der Waals surface area contributed by atoms with Crippen molar-refractivity contribution in [3.8, 4) is 0 Å². The quantitative estimate of drug-likeness (QED) is 0.733. The van der Waals surface area contributed by atoms with E-state index in [2.05, 4.69) is 27.7 Å². The number of nitrogens with two attached hydrogens (primary N) is 1. The molecule has 1 saturated carbocycles. The van der Waals surface area contributed by atoms with Crippen LogP contribution < -0.4 is 5.73 Å². The number of thioether (sulfide) groups is 1. The minimum Gasteiger partial charge on any atom is -0.392 e. The van der Waals surface area contributed by atoms with Gasteiger partial charge in [-0.25, -0.2) is 0 Å². The SMILES string of the molecule is CCSCCC(O)C1(CN)CCC(C(C)(C)C)CC1. The second kappa shape index (κ2) is 7.33. The summed E-state index contributed by atoms with van der Waals surface area (Å²) in [7, 11) is 0. The Kier molecular flexibility index (Phi) is 6.68. The van der Waals surface area contributed by atoms with Crippen LogP contribution in [0.4, 0.5) is 0 Å². The topological polar surface area (TPSA) is 46.2 Å². The fourth-order valence-electron chi connectivity index (χ4n) is 3.38. The lowest BCUT2D eigenvalue weighted by atomic mass is 9.62. The normalized spacial score (nSPS) is 30.3. The van der Waals surface area contributed by atoms with Crippen molar-refractivity contribution in [2.45, 2.75) is 65.9 Å². The molecule has 3 heteroatoms. The summed E-state index contributed by atoms with van der Waals surface area (Å²) in [6, 6.07) is 0. The van der Waals surface area contributed by atoms with E-state index in [4.69, 9.17) is 5.73 Å². The van der Waals surface area contributed by atoms with Gasteiger partial charge >= 0.3 is 0 Å².